The predicted octanol–water partition coefficient (Wildman–Crippen LogP) is 1.99. The lowest BCUT2D eigenvalue weighted by Gasteiger charge is -2.23. The van der Waals surface area contributed by atoms with E-state index in [9.17, 15) is 9.90 Å². The number of rotatable bonds is 7. The number of nitrogens with zero attached hydrogens (tertiary/aromatic N) is 1. The van der Waals surface area contributed by atoms with Crippen LogP contribution in [0.3, 0.4) is 0 Å². The fourth-order valence-electron chi connectivity index (χ4n) is 2.10. The molecule has 0 saturated heterocycles. The highest BCUT2D eigenvalue weighted by molar-refractivity contribution is 5.74. The number of aliphatic hydroxyl groups is 1. The summed E-state index contributed by atoms with van der Waals surface area (Å²) < 4.78 is 10.5. The van der Waals surface area contributed by atoms with Crippen LogP contribution in [0.5, 0.6) is 5.75 Å². The number of carbonyl (C=O) groups excluding carboxylic acids is 1. The molecule has 0 aliphatic carbocycles. The number of methoxy groups -OCH3 is 1. The van der Waals surface area contributed by atoms with E-state index in [1.807, 2.05) is 24.3 Å². The number of urea groups is 1. The first-order chi connectivity index (χ1) is 10.7. The molecule has 0 fully saturated rings. The van der Waals surface area contributed by atoms with Crippen LogP contribution in [0.15, 0.2) is 47.1 Å². The van der Waals surface area contributed by atoms with Crippen LogP contribution in [0.2, 0.25) is 0 Å². The summed E-state index contributed by atoms with van der Waals surface area (Å²) in [7, 11) is 1.59. The molecule has 0 unspecified atom stereocenters. The van der Waals surface area contributed by atoms with Crippen LogP contribution in [0.25, 0.3) is 0 Å². The van der Waals surface area contributed by atoms with E-state index in [4.69, 9.17) is 9.15 Å². The number of aliphatic hydroxyl groups excluding tert-OH is 1. The Balaban J connectivity index is 2.00. The third-order valence-electron chi connectivity index (χ3n) is 3.20. The van der Waals surface area contributed by atoms with Gasteiger partial charge < -0.3 is 24.5 Å². The summed E-state index contributed by atoms with van der Waals surface area (Å²) in [6.45, 7) is 0.791. The molecule has 1 heterocycles. The van der Waals surface area contributed by atoms with Crippen LogP contribution in [-0.2, 0) is 13.1 Å². The SMILES string of the molecule is COc1ccccc1CN(CCO)C(=O)NCc1ccco1. The molecule has 0 radical (unpaired) electrons. The summed E-state index contributed by atoms with van der Waals surface area (Å²) in [5.41, 5.74) is 0.881. The van der Waals surface area contributed by atoms with Gasteiger partial charge in [-0.25, -0.2) is 4.79 Å². The smallest absolute Gasteiger partial charge is 0.318 e. The highest BCUT2D eigenvalue weighted by Crippen LogP contribution is 2.19. The summed E-state index contributed by atoms with van der Waals surface area (Å²) in [6, 6.07) is 10.8. The van der Waals surface area contributed by atoms with E-state index >= 15 is 0 Å². The number of carbonyl (C=O) groups is 1. The molecule has 0 bridgehead atoms. The van der Waals surface area contributed by atoms with Gasteiger partial charge in [-0.2, -0.15) is 0 Å². The first-order valence-corrected chi connectivity index (χ1v) is 7.02. The fraction of sp³-hybridized carbons (Fsp3) is 0.312. The van der Waals surface area contributed by atoms with Gasteiger partial charge in [-0.1, -0.05) is 18.2 Å². The van der Waals surface area contributed by atoms with E-state index in [1.54, 1.807) is 25.5 Å². The van der Waals surface area contributed by atoms with Crippen molar-refractivity contribution in [3.8, 4) is 5.75 Å². The number of amides is 2. The van der Waals surface area contributed by atoms with Crippen LogP contribution in [-0.4, -0.2) is 36.3 Å². The second-order valence-corrected chi connectivity index (χ2v) is 4.70. The maximum Gasteiger partial charge on any atom is 0.318 e. The van der Waals surface area contributed by atoms with E-state index in [-0.39, 0.29) is 19.2 Å². The zero-order valence-electron chi connectivity index (χ0n) is 12.5. The Kier molecular flexibility index (Phi) is 5.85. The van der Waals surface area contributed by atoms with Crippen LogP contribution in [0.1, 0.15) is 11.3 Å². The number of nitrogens with one attached hydrogen (secondary N) is 1. The van der Waals surface area contributed by atoms with Gasteiger partial charge in [-0.3, -0.25) is 0 Å². The summed E-state index contributed by atoms with van der Waals surface area (Å²) in [5, 5.41) is 11.9. The summed E-state index contributed by atoms with van der Waals surface area (Å²) in [5.74, 6) is 1.39. The lowest BCUT2D eigenvalue weighted by molar-refractivity contribution is 0.172. The zero-order chi connectivity index (χ0) is 15.8. The number of para-hydroxylation sites is 1. The molecule has 0 aliphatic rings. The topological polar surface area (TPSA) is 74.9 Å². The summed E-state index contributed by atoms with van der Waals surface area (Å²) in [6.07, 6.45) is 1.56. The van der Waals surface area contributed by atoms with Crippen LogP contribution in [0.4, 0.5) is 4.79 Å². The van der Waals surface area contributed by atoms with Gasteiger partial charge in [0.2, 0.25) is 0 Å². The van der Waals surface area contributed by atoms with Crippen molar-refractivity contribution < 1.29 is 19.1 Å². The lowest BCUT2D eigenvalue weighted by atomic mass is 10.2. The maximum absolute atomic E-state index is 12.3. The van der Waals surface area contributed by atoms with Crippen molar-refractivity contribution in [2.45, 2.75) is 13.1 Å². The van der Waals surface area contributed by atoms with E-state index < -0.39 is 0 Å². The zero-order valence-corrected chi connectivity index (χ0v) is 12.5. The number of hydrogen-bond donors (Lipinski definition) is 2. The Morgan fingerprint density at radius 2 is 2.14 bits per heavy atom. The second kappa shape index (κ2) is 8.09. The molecule has 0 spiro atoms. The average molecular weight is 304 g/mol. The van der Waals surface area contributed by atoms with Gasteiger partial charge in [0.1, 0.15) is 11.5 Å². The standard InChI is InChI=1S/C16H20N2O4/c1-21-15-7-3-2-5-13(15)12-18(8-9-19)16(20)17-11-14-6-4-10-22-14/h2-7,10,19H,8-9,11-12H2,1H3,(H,17,20). The molecule has 0 atom stereocenters. The minimum absolute atomic E-state index is 0.108. The Labute approximate surface area is 129 Å². The Morgan fingerprint density at radius 1 is 1.32 bits per heavy atom. The lowest BCUT2D eigenvalue weighted by Crippen LogP contribution is -2.40. The summed E-state index contributed by atoms with van der Waals surface area (Å²) >= 11 is 0. The third-order valence-corrected chi connectivity index (χ3v) is 3.20. The molecule has 6 nitrogen and oxygen atoms in total. The molecule has 2 N–H and O–H groups in total. The van der Waals surface area contributed by atoms with Gasteiger partial charge in [-0.15, -0.1) is 0 Å². The molecular weight excluding hydrogens is 284 g/mol. The monoisotopic (exact) mass is 304 g/mol. The Bertz CT molecular complexity index is 584. The van der Waals surface area contributed by atoms with Gasteiger partial charge in [0.15, 0.2) is 0 Å². The molecule has 22 heavy (non-hydrogen) atoms. The van der Waals surface area contributed by atoms with E-state index in [0.29, 0.717) is 24.6 Å². The van der Waals surface area contributed by atoms with Gasteiger partial charge >= 0.3 is 6.03 Å². The van der Waals surface area contributed by atoms with Crippen molar-refractivity contribution in [2.75, 3.05) is 20.3 Å². The van der Waals surface area contributed by atoms with E-state index in [0.717, 1.165) is 5.56 Å². The van der Waals surface area contributed by atoms with Crippen LogP contribution in [0, 0.1) is 0 Å². The van der Waals surface area contributed by atoms with Crippen LogP contribution < -0.4 is 10.1 Å². The van der Waals surface area contributed by atoms with Gasteiger partial charge in [-0.05, 0) is 18.2 Å². The first kappa shape index (κ1) is 15.9. The normalized spacial score (nSPS) is 10.3. The molecule has 0 saturated carbocycles. The van der Waals surface area contributed by atoms with Crippen molar-refractivity contribution in [3.63, 3.8) is 0 Å². The molecule has 118 valence electrons. The van der Waals surface area contributed by atoms with Crippen molar-refractivity contribution >= 4 is 6.03 Å². The molecule has 0 aliphatic heterocycles. The van der Waals surface area contributed by atoms with Crippen molar-refractivity contribution in [2.24, 2.45) is 0 Å². The molecule has 2 amide bonds. The molecule has 6 heteroatoms. The predicted molar refractivity (Wildman–Crippen MR) is 81.4 cm³/mol. The highest BCUT2D eigenvalue weighted by Gasteiger charge is 2.15. The maximum atomic E-state index is 12.3. The Morgan fingerprint density at radius 3 is 2.82 bits per heavy atom. The highest BCUT2D eigenvalue weighted by atomic mass is 16.5. The largest absolute Gasteiger partial charge is 0.496 e. The van der Waals surface area contributed by atoms with E-state index in [1.165, 1.54) is 4.90 Å². The van der Waals surface area contributed by atoms with E-state index in [2.05, 4.69) is 5.32 Å². The van der Waals surface area contributed by atoms with Crippen LogP contribution >= 0.6 is 0 Å². The van der Waals surface area contributed by atoms with Gasteiger partial charge in [0.25, 0.3) is 0 Å². The third kappa shape index (κ3) is 4.26. The number of ether oxygens (including phenoxy) is 1. The molecule has 1 aromatic carbocycles. The van der Waals surface area contributed by atoms with Crippen molar-refractivity contribution in [1.29, 1.82) is 0 Å². The van der Waals surface area contributed by atoms with Gasteiger partial charge in [0.05, 0.1) is 33.1 Å². The van der Waals surface area contributed by atoms with Gasteiger partial charge in [0, 0.05) is 12.1 Å². The van der Waals surface area contributed by atoms with Crippen molar-refractivity contribution in [1.82, 2.24) is 10.2 Å². The Hall–Kier alpha value is -2.47. The number of hydrogen-bond acceptors (Lipinski definition) is 4. The number of furan rings is 1. The minimum atomic E-state index is -0.267. The number of benzene rings is 1. The quantitative estimate of drug-likeness (QED) is 0.820. The molecular formula is C16H20N2O4. The second-order valence-electron chi connectivity index (χ2n) is 4.70. The average Bonchev–Trinajstić information content (AvgIpc) is 3.06. The molecule has 2 aromatic rings. The molecule has 1 aromatic heterocycles. The fourth-order valence-corrected chi connectivity index (χ4v) is 2.10. The molecule has 2 rings (SSSR count). The van der Waals surface area contributed by atoms with Crippen molar-refractivity contribution in [3.05, 3.63) is 54.0 Å². The summed E-state index contributed by atoms with van der Waals surface area (Å²) in [4.78, 5) is 13.8. The first-order valence-electron chi connectivity index (χ1n) is 7.02. The minimum Gasteiger partial charge on any atom is -0.496 e.